The molecule has 0 bridgehead atoms. The highest BCUT2D eigenvalue weighted by atomic mass is 16.5. The quantitative estimate of drug-likeness (QED) is 0.523. The van der Waals surface area contributed by atoms with E-state index in [4.69, 9.17) is 4.74 Å². The smallest absolute Gasteiger partial charge is 0.0494 e. The summed E-state index contributed by atoms with van der Waals surface area (Å²) in [4.78, 5) is 0. The van der Waals surface area contributed by atoms with Crippen molar-refractivity contribution in [2.24, 2.45) is 11.8 Å². The fourth-order valence-corrected chi connectivity index (χ4v) is 1.26. The van der Waals surface area contributed by atoms with Gasteiger partial charge >= 0.3 is 0 Å². The fourth-order valence-electron chi connectivity index (χ4n) is 1.26. The molecular formula is C12H26O. The van der Waals surface area contributed by atoms with Crippen LogP contribution in [0.15, 0.2) is 0 Å². The first kappa shape index (κ1) is 13.0. The maximum atomic E-state index is 5.65. The zero-order chi connectivity index (χ0) is 10.1. The average molecular weight is 186 g/mol. The summed E-state index contributed by atoms with van der Waals surface area (Å²) in [5.74, 6) is 1.60. The third kappa shape index (κ3) is 7.06. The Morgan fingerprint density at radius 1 is 1.00 bits per heavy atom. The second-order valence-corrected chi connectivity index (χ2v) is 4.06. The average Bonchev–Trinajstić information content (AvgIpc) is 2.18. The monoisotopic (exact) mass is 186 g/mol. The third-order valence-electron chi connectivity index (χ3n) is 2.96. The van der Waals surface area contributed by atoms with Gasteiger partial charge in [-0.3, -0.25) is 0 Å². The standard InChI is InChI=1S/C12H26O/c1-5-11(4)8-9-13-10-12(6-2)7-3/h11-12H,5-10H2,1-4H3. The van der Waals surface area contributed by atoms with E-state index in [-0.39, 0.29) is 0 Å². The van der Waals surface area contributed by atoms with E-state index in [2.05, 4.69) is 27.7 Å². The molecule has 0 aromatic rings. The Bertz CT molecular complexity index is 97.3. The lowest BCUT2D eigenvalue weighted by molar-refractivity contribution is 0.0869. The molecule has 0 radical (unpaired) electrons. The van der Waals surface area contributed by atoms with Crippen LogP contribution < -0.4 is 0 Å². The summed E-state index contributed by atoms with van der Waals surface area (Å²) >= 11 is 0. The molecule has 0 saturated heterocycles. The molecule has 0 aliphatic carbocycles. The van der Waals surface area contributed by atoms with Crippen LogP contribution in [0.4, 0.5) is 0 Å². The molecule has 13 heavy (non-hydrogen) atoms. The molecule has 0 aliphatic rings. The number of hydrogen-bond donors (Lipinski definition) is 0. The molecule has 0 rings (SSSR count). The van der Waals surface area contributed by atoms with Gasteiger partial charge in [0.1, 0.15) is 0 Å². The normalized spacial score (nSPS) is 13.6. The van der Waals surface area contributed by atoms with Gasteiger partial charge in [-0.25, -0.2) is 0 Å². The minimum atomic E-state index is 0.775. The van der Waals surface area contributed by atoms with Crippen LogP contribution in [0.1, 0.15) is 53.4 Å². The van der Waals surface area contributed by atoms with Crippen LogP contribution in [0.25, 0.3) is 0 Å². The van der Waals surface area contributed by atoms with Crippen molar-refractivity contribution in [2.75, 3.05) is 13.2 Å². The third-order valence-corrected chi connectivity index (χ3v) is 2.96. The van der Waals surface area contributed by atoms with E-state index in [1.54, 1.807) is 0 Å². The van der Waals surface area contributed by atoms with Crippen LogP contribution in [-0.4, -0.2) is 13.2 Å². The first-order valence-electron chi connectivity index (χ1n) is 5.82. The van der Waals surface area contributed by atoms with E-state index >= 15 is 0 Å². The number of rotatable bonds is 8. The van der Waals surface area contributed by atoms with Crippen molar-refractivity contribution in [1.29, 1.82) is 0 Å². The van der Waals surface area contributed by atoms with E-state index in [0.29, 0.717) is 0 Å². The highest BCUT2D eigenvalue weighted by Crippen LogP contribution is 2.10. The van der Waals surface area contributed by atoms with Gasteiger partial charge in [0.05, 0.1) is 0 Å². The molecule has 0 aromatic carbocycles. The van der Waals surface area contributed by atoms with Crippen molar-refractivity contribution in [3.05, 3.63) is 0 Å². The van der Waals surface area contributed by atoms with Crippen LogP contribution in [0.2, 0.25) is 0 Å². The Balaban J connectivity index is 3.23. The van der Waals surface area contributed by atoms with Gasteiger partial charge in [-0.1, -0.05) is 47.0 Å². The largest absolute Gasteiger partial charge is 0.381 e. The Morgan fingerprint density at radius 3 is 2.08 bits per heavy atom. The lowest BCUT2D eigenvalue weighted by atomic mass is 10.0. The SMILES string of the molecule is CCC(C)CCOCC(CC)CC. The molecule has 0 saturated carbocycles. The summed E-state index contributed by atoms with van der Waals surface area (Å²) < 4.78 is 5.65. The molecule has 0 fully saturated rings. The molecule has 0 amide bonds. The summed E-state index contributed by atoms with van der Waals surface area (Å²) in [6, 6.07) is 0. The zero-order valence-electron chi connectivity index (χ0n) is 9.81. The van der Waals surface area contributed by atoms with Crippen molar-refractivity contribution < 1.29 is 4.74 Å². The first-order chi connectivity index (χ1) is 6.24. The van der Waals surface area contributed by atoms with Crippen LogP contribution in [-0.2, 0) is 4.74 Å². The van der Waals surface area contributed by atoms with Crippen LogP contribution in [0.5, 0.6) is 0 Å². The summed E-state index contributed by atoms with van der Waals surface area (Å²) in [5, 5.41) is 0. The second-order valence-electron chi connectivity index (χ2n) is 4.06. The van der Waals surface area contributed by atoms with E-state index in [1.165, 1.54) is 25.7 Å². The minimum Gasteiger partial charge on any atom is -0.381 e. The maximum Gasteiger partial charge on any atom is 0.0494 e. The second kappa shape index (κ2) is 8.55. The molecule has 0 spiro atoms. The zero-order valence-corrected chi connectivity index (χ0v) is 9.81. The van der Waals surface area contributed by atoms with E-state index in [0.717, 1.165) is 25.0 Å². The van der Waals surface area contributed by atoms with Gasteiger partial charge in [0.25, 0.3) is 0 Å². The van der Waals surface area contributed by atoms with Crippen molar-refractivity contribution in [2.45, 2.75) is 53.4 Å². The molecule has 0 aromatic heterocycles. The lowest BCUT2D eigenvalue weighted by Gasteiger charge is -2.13. The molecule has 1 unspecified atom stereocenters. The Morgan fingerprint density at radius 2 is 1.62 bits per heavy atom. The van der Waals surface area contributed by atoms with Gasteiger partial charge < -0.3 is 4.74 Å². The van der Waals surface area contributed by atoms with Gasteiger partial charge in [0.2, 0.25) is 0 Å². The summed E-state index contributed by atoms with van der Waals surface area (Å²) in [6.07, 6.45) is 4.99. The van der Waals surface area contributed by atoms with Crippen molar-refractivity contribution in [3.8, 4) is 0 Å². The minimum absolute atomic E-state index is 0.775. The first-order valence-corrected chi connectivity index (χ1v) is 5.82. The molecule has 0 heterocycles. The fraction of sp³-hybridized carbons (Fsp3) is 1.00. The van der Waals surface area contributed by atoms with Gasteiger partial charge in [-0.15, -0.1) is 0 Å². The van der Waals surface area contributed by atoms with Crippen LogP contribution in [0.3, 0.4) is 0 Å². The highest BCUT2D eigenvalue weighted by molar-refractivity contribution is 4.53. The molecule has 1 atom stereocenters. The Labute approximate surface area is 83.9 Å². The van der Waals surface area contributed by atoms with Gasteiger partial charge in [-0.2, -0.15) is 0 Å². The van der Waals surface area contributed by atoms with Gasteiger partial charge in [0, 0.05) is 13.2 Å². The van der Waals surface area contributed by atoms with Crippen molar-refractivity contribution in [1.82, 2.24) is 0 Å². The highest BCUT2D eigenvalue weighted by Gasteiger charge is 2.03. The number of hydrogen-bond acceptors (Lipinski definition) is 1. The van der Waals surface area contributed by atoms with Gasteiger partial charge in [-0.05, 0) is 18.3 Å². The molecule has 0 N–H and O–H groups in total. The predicted molar refractivity (Wildman–Crippen MR) is 59.0 cm³/mol. The topological polar surface area (TPSA) is 9.23 Å². The Kier molecular flexibility index (Phi) is 8.53. The molecule has 1 nitrogen and oxygen atoms in total. The molecular weight excluding hydrogens is 160 g/mol. The van der Waals surface area contributed by atoms with Crippen molar-refractivity contribution >= 4 is 0 Å². The Hall–Kier alpha value is -0.0400. The van der Waals surface area contributed by atoms with E-state index in [1.807, 2.05) is 0 Å². The number of ether oxygens (including phenoxy) is 1. The van der Waals surface area contributed by atoms with Crippen molar-refractivity contribution in [3.63, 3.8) is 0 Å². The maximum absolute atomic E-state index is 5.65. The predicted octanol–water partition coefficient (Wildman–Crippen LogP) is 3.88. The van der Waals surface area contributed by atoms with E-state index in [9.17, 15) is 0 Å². The van der Waals surface area contributed by atoms with Gasteiger partial charge in [0.15, 0.2) is 0 Å². The van der Waals surface area contributed by atoms with Crippen LogP contribution >= 0.6 is 0 Å². The summed E-state index contributed by atoms with van der Waals surface area (Å²) in [7, 11) is 0. The summed E-state index contributed by atoms with van der Waals surface area (Å²) in [6.45, 7) is 10.9. The molecule has 0 aliphatic heterocycles. The summed E-state index contributed by atoms with van der Waals surface area (Å²) in [5.41, 5.74) is 0. The molecule has 1 heteroatoms. The van der Waals surface area contributed by atoms with E-state index < -0.39 is 0 Å². The molecule has 80 valence electrons. The lowest BCUT2D eigenvalue weighted by Crippen LogP contribution is -2.09. The van der Waals surface area contributed by atoms with Crippen LogP contribution in [0, 0.1) is 11.8 Å².